The highest BCUT2D eigenvalue weighted by Gasteiger charge is 2.38. The quantitative estimate of drug-likeness (QED) is 0.858. The maximum atomic E-state index is 5.62. The third-order valence-electron chi connectivity index (χ3n) is 4.86. The molecule has 0 aliphatic carbocycles. The summed E-state index contributed by atoms with van der Waals surface area (Å²) in [6.07, 6.45) is 3.74. The van der Waals surface area contributed by atoms with E-state index in [1.807, 2.05) is 0 Å². The van der Waals surface area contributed by atoms with Crippen molar-refractivity contribution in [3.63, 3.8) is 0 Å². The third-order valence-corrected chi connectivity index (χ3v) is 4.86. The van der Waals surface area contributed by atoms with Crippen LogP contribution in [0.4, 0.5) is 0 Å². The Bertz CT molecular complexity index is 313. The van der Waals surface area contributed by atoms with Crippen LogP contribution in [-0.2, 0) is 4.74 Å². The van der Waals surface area contributed by atoms with E-state index in [2.05, 4.69) is 44.8 Å². The minimum atomic E-state index is 0.204. The zero-order chi connectivity index (χ0) is 14.9. The first-order valence-electron chi connectivity index (χ1n) is 8.25. The van der Waals surface area contributed by atoms with E-state index in [0.29, 0.717) is 10.8 Å². The molecule has 0 unspecified atom stereocenters. The number of rotatable bonds is 4. The van der Waals surface area contributed by atoms with Gasteiger partial charge in [-0.15, -0.1) is 0 Å². The van der Waals surface area contributed by atoms with Crippen molar-refractivity contribution in [1.82, 2.24) is 10.2 Å². The van der Waals surface area contributed by atoms with Crippen LogP contribution in [0.5, 0.6) is 0 Å². The number of nitrogens with one attached hydrogen (secondary N) is 1. The number of ether oxygens (including phenoxy) is 1. The highest BCUT2D eigenvalue weighted by Crippen LogP contribution is 2.36. The molecule has 0 bridgehead atoms. The molecule has 2 heterocycles. The average molecular weight is 282 g/mol. The van der Waals surface area contributed by atoms with Crippen LogP contribution in [0.15, 0.2) is 0 Å². The van der Waals surface area contributed by atoms with E-state index < -0.39 is 0 Å². The molecule has 2 saturated heterocycles. The van der Waals surface area contributed by atoms with Gasteiger partial charge in [-0.05, 0) is 57.4 Å². The van der Waals surface area contributed by atoms with Gasteiger partial charge in [0.05, 0.1) is 0 Å². The molecule has 3 nitrogen and oxygen atoms in total. The summed E-state index contributed by atoms with van der Waals surface area (Å²) in [4.78, 5) is 2.69. The highest BCUT2D eigenvalue weighted by atomic mass is 16.5. The molecule has 1 N–H and O–H groups in total. The van der Waals surface area contributed by atoms with Gasteiger partial charge in [-0.1, -0.05) is 13.8 Å². The molecule has 0 aromatic carbocycles. The first kappa shape index (κ1) is 16.3. The smallest absolute Gasteiger partial charge is 0.0472 e. The Balaban J connectivity index is 1.96. The maximum absolute atomic E-state index is 5.62. The first-order chi connectivity index (χ1) is 9.20. The summed E-state index contributed by atoms with van der Waals surface area (Å²) in [6.45, 7) is 18.3. The van der Waals surface area contributed by atoms with Crippen molar-refractivity contribution in [2.24, 2.45) is 10.8 Å². The lowest BCUT2D eigenvalue weighted by molar-refractivity contribution is -0.00482. The minimum absolute atomic E-state index is 0.204. The lowest BCUT2D eigenvalue weighted by Gasteiger charge is -2.42. The largest absolute Gasteiger partial charge is 0.381 e. The lowest BCUT2D eigenvalue weighted by atomic mass is 9.79. The van der Waals surface area contributed by atoms with Crippen molar-refractivity contribution in [3.8, 4) is 0 Å². The minimum Gasteiger partial charge on any atom is -0.381 e. The van der Waals surface area contributed by atoms with Crippen LogP contribution in [0.25, 0.3) is 0 Å². The Labute approximate surface area is 125 Å². The predicted molar refractivity (Wildman–Crippen MR) is 85.1 cm³/mol. The lowest BCUT2D eigenvalue weighted by Crippen LogP contribution is -2.51. The van der Waals surface area contributed by atoms with E-state index >= 15 is 0 Å². The average Bonchev–Trinajstić information content (AvgIpc) is 2.67. The van der Waals surface area contributed by atoms with Gasteiger partial charge in [0, 0.05) is 38.4 Å². The van der Waals surface area contributed by atoms with Crippen molar-refractivity contribution < 1.29 is 4.74 Å². The van der Waals surface area contributed by atoms with Gasteiger partial charge in [0.25, 0.3) is 0 Å². The molecule has 2 aliphatic rings. The Hall–Kier alpha value is -0.120. The summed E-state index contributed by atoms with van der Waals surface area (Å²) in [6, 6.07) is 0. The standard InChI is InChI=1S/C17H34N2O/c1-15(2,3)18-12-17(7-10-20-11-8-17)14-19-9-6-16(4,5)13-19/h18H,6-14H2,1-5H3. The van der Waals surface area contributed by atoms with E-state index in [1.165, 1.54) is 38.9 Å². The van der Waals surface area contributed by atoms with Crippen LogP contribution < -0.4 is 5.32 Å². The zero-order valence-electron chi connectivity index (χ0n) is 14.2. The summed E-state index contributed by atoms with van der Waals surface area (Å²) in [5.41, 5.74) is 1.12. The number of hydrogen-bond donors (Lipinski definition) is 1. The second kappa shape index (κ2) is 5.94. The molecule has 0 radical (unpaired) electrons. The molecule has 2 rings (SSSR count). The Morgan fingerprint density at radius 2 is 1.75 bits per heavy atom. The van der Waals surface area contributed by atoms with Crippen molar-refractivity contribution in [1.29, 1.82) is 0 Å². The molecule has 0 aromatic rings. The Morgan fingerprint density at radius 3 is 2.25 bits per heavy atom. The number of likely N-dealkylation sites (tertiary alicyclic amines) is 1. The van der Waals surface area contributed by atoms with Gasteiger partial charge in [-0.3, -0.25) is 0 Å². The second-order valence-corrected chi connectivity index (χ2v) is 8.84. The second-order valence-electron chi connectivity index (χ2n) is 8.84. The predicted octanol–water partition coefficient (Wildman–Crippen LogP) is 2.90. The number of nitrogens with zero attached hydrogens (tertiary/aromatic N) is 1. The summed E-state index contributed by atoms with van der Waals surface area (Å²) in [5, 5.41) is 3.74. The summed E-state index contributed by atoms with van der Waals surface area (Å²) < 4.78 is 5.62. The fourth-order valence-corrected chi connectivity index (χ4v) is 3.48. The van der Waals surface area contributed by atoms with Gasteiger partial charge < -0.3 is 15.0 Å². The van der Waals surface area contributed by atoms with Gasteiger partial charge in [0.1, 0.15) is 0 Å². The Kier molecular flexibility index (Phi) is 4.83. The maximum Gasteiger partial charge on any atom is 0.0472 e. The van der Waals surface area contributed by atoms with Gasteiger partial charge in [-0.2, -0.15) is 0 Å². The van der Waals surface area contributed by atoms with Crippen molar-refractivity contribution in [3.05, 3.63) is 0 Å². The van der Waals surface area contributed by atoms with E-state index in [9.17, 15) is 0 Å². The monoisotopic (exact) mass is 282 g/mol. The summed E-state index contributed by atoms with van der Waals surface area (Å²) in [7, 11) is 0. The van der Waals surface area contributed by atoms with Crippen LogP contribution in [0.2, 0.25) is 0 Å². The fraction of sp³-hybridized carbons (Fsp3) is 1.00. The van der Waals surface area contributed by atoms with Crippen LogP contribution in [0.1, 0.15) is 53.9 Å². The molecule has 2 fully saturated rings. The molecule has 118 valence electrons. The zero-order valence-corrected chi connectivity index (χ0v) is 14.2. The summed E-state index contributed by atoms with van der Waals surface area (Å²) >= 11 is 0. The van der Waals surface area contributed by atoms with Gasteiger partial charge in [0.15, 0.2) is 0 Å². The molecule has 2 aliphatic heterocycles. The molecule has 0 spiro atoms. The molecular weight excluding hydrogens is 248 g/mol. The number of hydrogen-bond acceptors (Lipinski definition) is 3. The fourth-order valence-electron chi connectivity index (χ4n) is 3.48. The highest BCUT2D eigenvalue weighted by molar-refractivity contribution is 4.92. The molecule has 0 amide bonds. The van der Waals surface area contributed by atoms with E-state index in [-0.39, 0.29) is 5.54 Å². The van der Waals surface area contributed by atoms with Crippen molar-refractivity contribution in [2.45, 2.75) is 59.4 Å². The Morgan fingerprint density at radius 1 is 1.10 bits per heavy atom. The first-order valence-corrected chi connectivity index (χ1v) is 8.25. The molecule has 3 heteroatoms. The van der Waals surface area contributed by atoms with E-state index in [1.54, 1.807) is 0 Å². The van der Waals surface area contributed by atoms with E-state index in [4.69, 9.17) is 4.74 Å². The van der Waals surface area contributed by atoms with Crippen LogP contribution in [-0.4, -0.2) is 49.8 Å². The van der Waals surface area contributed by atoms with Crippen LogP contribution in [0, 0.1) is 10.8 Å². The molecule has 0 saturated carbocycles. The van der Waals surface area contributed by atoms with Gasteiger partial charge >= 0.3 is 0 Å². The molecule has 20 heavy (non-hydrogen) atoms. The van der Waals surface area contributed by atoms with Gasteiger partial charge in [0.2, 0.25) is 0 Å². The molecule has 0 atom stereocenters. The SMILES string of the molecule is CC1(C)CCN(CC2(CNC(C)(C)C)CCOCC2)C1. The normalized spacial score (nSPS) is 26.9. The third kappa shape index (κ3) is 4.71. The topological polar surface area (TPSA) is 24.5 Å². The molecular formula is C17H34N2O. The van der Waals surface area contributed by atoms with Crippen LogP contribution >= 0.6 is 0 Å². The van der Waals surface area contributed by atoms with E-state index in [0.717, 1.165) is 19.8 Å². The molecule has 0 aromatic heterocycles. The van der Waals surface area contributed by atoms with Crippen molar-refractivity contribution in [2.75, 3.05) is 39.4 Å². The van der Waals surface area contributed by atoms with Crippen LogP contribution in [0.3, 0.4) is 0 Å². The van der Waals surface area contributed by atoms with Crippen molar-refractivity contribution >= 4 is 0 Å². The summed E-state index contributed by atoms with van der Waals surface area (Å²) in [5.74, 6) is 0. The van der Waals surface area contributed by atoms with Gasteiger partial charge in [-0.25, -0.2) is 0 Å².